The Morgan fingerprint density at radius 1 is 1.09 bits per heavy atom. The zero-order valence-electron chi connectivity index (χ0n) is 19.4. The summed E-state index contributed by atoms with van der Waals surface area (Å²) in [6.45, 7) is 4.34. The number of aromatic nitrogens is 3. The summed E-state index contributed by atoms with van der Waals surface area (Å²) >= 11 is 1.41. The lowest BCUT2D eigenvalue weighted by molar-refractivity contribution is 0.0931. The molecular weight excluding hydrogens is 460 g/mol. The van der Waals surface area contributed by atoms with E-state index in [-0.39, 0.29) is 29.2 Å². The number of nitriles is 1. The van der Waals surface area contributed by atoms with Gasteiger partial charge in [0.1, 0.15) is 17.7 Å². The lowest BCUT2D eigenvalue weighted by atomic mass is 10.1. The van der Waals surface area contributed by atoms with E-state index in [4.69, 9.17) is 5.26 Å². The number of nitrogens with one attached hydrogen (secondary N) is 2. The summed E-state index contributed by atoms with van der Waals surface area (Å²) in [5.41, 5.74) is 3.89. The fourth-order valence-electron chi connectivity index (χ4n) is 3.96. The number of fused-ring (bicyclic) bond motifs is 2. The van der Waals surface area contributed by atoms with E-state index in [1.807, 2.05) is 50.4 Å². The highest BCUT2D eigenvalue weighted by Gasteiger charge is 2.25. The summed E-state index contributed by atoms with van der Waals surface area (Å²) in [5.74, 6) is -0.754. The number of amides is 2. The van der Waals surface area contributed by atoms with Crippen LogP contribution in [0.25, 0.3) is 10.1 Å². The van der Waals surface area contributed by atoms with Crippen LogP contribution < -0.4 is 10.6 Å². The number of hydrogen-bond donors (Lipinski definition) is 2. The van der Waals surface area contributed by atoms with Crippen molar-refractivity contribution in [2.75, 3.05) is 0 Å². The highest BCUT2D eigenvalue weighted by atomic mass is 32.1. The largest absolute Gasteiger partial charge is 0.347 e. The Morgan fingerprint density at radius 2 is 1.89 bits per heavy atom. The standard InChI is InChI=1S/C24H18N6O2S.C2H6/c25-10-14-2-5-18-16(7-14)4-6-19(18)30-24(32)21-9-20(27-13-28-21)23(31)26-11-15-1-3-17-12-29-33-22(17)8-15;1-2/h1-3,5,7-9,12-13,19H,4,6,11H2,(H,26,31)(H,30,32);1-2H3. The maximum Gasteiger partial charge on any atom is 0.270 e. The Kier molecular flexibility index (Phi) is 7.43. The quantitative estimate of drug-likeness (QED) is 0.435. The summed E-state index contributed by atoms with van der Waals surface area (Å²) < 4.78 is 5.21. The van der Waals surface area contributed by atoms with Crippen LogP contribution in [0.4, 0.5) is 0 Å². The Morgan fingerprint density at radius 3 is 2.69 bits per heavy atom. The molecule has 1 aliphatic carbocycles. The molecule has 0 bridgehead atoms. The summed E-state index contributed by atoms with van der Waals surface area (Å²) in [5, 5.41) is 15.9. The molecule has 35 heavy (non-hydrogen) atoms. The van der Waals surface area contributed by atoms with Crippen molar-refractivity contribution in [3.8, 4) is 6.07 Å². The fraction of sp³-hybridized carbons (Fsp3) is 0.231. The van der Waals surface area contributed by atoms with Crippen LogP contribution in [0, 0.1) is 11.3 Å². The minimum atomic E-state index is -0.383. The van der Waals surface area contributed by atoms with Gasteiger partial charge in [0.05, 0.1) is 22.4 Å². The van der Waals surface area contributed by atoms with Crippen LogP contribution in [0.1, 0.15) is 69.5 Å². The van der Waals surface area contributed by atoms with Gasteiger partial charge in [-0.2, -0.15) is 9.64 Å². The zero-order chi connectivity index (χ0) is 24.8. The van der Waals surface area contributed by atoms with Crippen molar-refractivity contribution in [1.82, 2.24) is 25.0 Å². The number of benzene rings is 2. The molecule has 0 radical (unpaired) electrons. The molecule has 1 aliphatic rings. The second-order valence-corrected chi connectivity index (χ2v) is 8.59. The average Bonchev–Trinajstić information content (AvgIpc) is 3.54. The van der Waals surface area contributed by atoms with E-state index in [1.165, 1.54) is 23.9 Å². The van der Waals surface area contributed by atoms with Gasteiger partial charge in [-0.05, 0) is 59.3 Å². The first-order chi connectivity index (χ1) is 17.1. The maximum absolute atomic E-state index is 12.8. The molecule has 2 heterocycles. The molecule has 2 aromatic carbocycles. The molecule has 2 N–H and O–H groups in total. The van der Waals surface area contributed by atoms with Crippen LogP contribution in [0.5, 0.6) is 0 Å². The van der Waals surface area contributed by atoms with Crippen molar-refractivity contribution >= 4 is 33.4 Å². The molecule has 0 fully saturated rings. The van der Waals surface area contributed by atoms with Crippen LogP contribution in [0.15, 0.2) is 55.0 Å². The van der Waals surface area contributed by atoms with E-state index >= 15 is 0 Å². The van der Waals surface area contributed by atoms with Crippen LogP contribution in [-0.2, 0) is 13.0 Å². The molecule has 0 saturated carbocycles. The van der Waals surface area contributed by atoms with Gasteiger partial charge in [-0.25, -0.2) is 9.97 Å². The van der Waals surface area contributed by atoms with E-state index in [0.29, 0.717) is 12.1 Å². The van der Waals surface area contributed by atoms with Gasteiger partial charge in [0.25, 0.3) is 11.8 Å². The molecule has 4 aromatic rings. The molecule has 2 aromatic heterocycles. The molecule has 2 amide bonds. The first-order valence-electron chi connectivity index (χ1n) is 11.4. The molecule has 0 spiro atoms. The monoisotopic (exact) mass is 484 g/mol. The second-order valence-electron chi connectivity index (χ2n) is 7.76. The minimum absolute atomic E-state index is 0.125. The van der Waals surface area contributed by atoms with Crippen molar-refractivity contribution in [2.24, 2.45) is 0 Å². The summed E-state index contributed by atoms with van der Waals surface area (Å²) in [6, 6.07) is 14.8. The number of nitrogens with zero attached hydrogens (tertiary/aromatic N) is 4. The van der Waals surface area contributed by atoms with E-state index in [2.05, 4.69) is 31.0 Å². The number of carbonyl (C=O) groups is 2. The molecule has 0 aliphatic heterocycles. The average molecular weight is 485 g/mol. The normalized spacial score (nSPS) is 13.8. The third-order valence-electron chi connectivity index (χ3n) is 5.66. The molecule has 1 unspecified atom stereocenters. The van der Waals surface area contributed by atoms with Gasteiger partial charge in [0.2, 0.25) is 0 Å². The van der Waals surface area contributed by atoms with Gasteiger partial charge in [-0.3, -0.25) is 9.59 Å². The Labute approximate surface area is 207 Å². The van der Waals surface area contributed by atoms with Crippen molar-refractivity contribution in [3.63, 3.8) is 0 Å². The van der Waals surface area contributed by atoms with Gasteiger partial charge in [-0.15, -0.1) is 0 Å². The van der Waals surface area contributed by atoms with Gasteiger partial charge >= 0.3 is 0 Å². The number of carbonyl (C=O) groups excluding carboxylic acids is 2. The van der Waals surface area contributed by atoms with Crippen LogP contribution in [0.3, 0.4) is 0 Å². The molecule has 1 atom stereocenters. The van der Waals surface area contributed by atoms with E-state index < -0.39 is 0 Å². The van der Waals surface area contributed by atoms with E-state index in [1.54, 1.807) is 6.07 Å². The van der Waals surface area contributed by atoms with Gasteiger partial charge in [0, 0.05) is 24.2 Å². The third-order valence-corrected chi connectivity index (χ3v) is 6.42. The first-order valence-corrected chi connectivity index (χ1v) is 12.2. The minimum Gasteiger partial charge on any atom is -0.347 e. The Hall–Kier alpha value is -4.16. The second kappa shape index (κ2) is 10.8. The summed E-state index contributed by atoms with van der Waals surface area (Å²) in [4.78, 5) is 33.5. The molecule has 8 nitrogen and oxygen atoms in total. The molecule has 0 saturated heterocycles. The molecular formula is C26H24N6O2S. The van der Waals surface area contributed by atoms with Gasteiger partial charge in [-0.1, -0.05) is 32.0 Å². The lowest BCUT2D eigenvalue weighted by Crippen LogP contribution is -2.29. The van der Waals surface area contributed by atoms with Gasteiger partial charge < -0.3 is 10.6 Å². The smallest absolute Gasteiger partial charge is 0.270 e. The zero-order valence-corrected chi connectivity index (χ0v) is 20.2. The number of hydrogen-bond acceptors (Lipinski definition) is 7. The topological polar surface area (TPSA) is 121 Å². The molecule has 5 rings (SSSR count). The molecule has 176 valence electrons. The van der Waals surface area contributed by atoms with Crippen molar-refractivity contribution in [3.05, 3.63) is 88.6 Å². The Bertz CT molecular complexity index is 1420. The molecule has 9 heteroatoms. The first kappa shape index (κ1) is 24.0. The van der Waals surface area contributed by atoms with Crippen molar-refractivity contribution in [1.29, 1.82) is 5.26 Å². The van der Waals surface area contributed by atoms with Crippen molar-refractivity contribution in [2.45, 2.75) is 39.3 Å². The third kappa shape index (κ3) is 5.34. The summed E-state index contributed by atoms with van der Waals surface area (Å²) in [6.07, 6.45) is 4.57. The predicted octanol–water partition coefficient (Wildman–Crippen LogP) is 4.33. The van der Waals surface area contributed by atoms with Crippen LogP contribution in [0.2, 0.25) is 0 Å². The van der Waals surface area contributed by atoms with E-state index in [9.17, 15) is 9.59 Å². The summed E-state index contributed by atoms with van der Waals surface area (Å²) in [7, 11) is 0. The maximum atomic E-state index is 12.8. The SMILES string of the molecule is CC.N#Cc1ccc2c(c1)CCC2NC(=O)c1cc(C(=O)NCc2ccc3cnsc3c2)ncn1. The predicted molar refractivity (Wildman–Crippen MR) is 134 cm³/mol. The van der Waals surface area contributed by atoms with Crippen molar-refractivity contribution < 1.29 is 9.59 Å². The lowest BCUT2D eigenvalue weighted by Gasteiger charge is -2.14. The van der Waals surface area contributed by atoms with Gasteiger partial charge in [0.15, 0.2) is 0 Å². The fourth-order valence-corrected chi connectivity index (χ4v) is 4.67. The number of aryl methyl sites for hydroxylation is 1. The highest BCUT2D eigenvalue weighted by molar-refractivity contribution is 7.13. The number of rotatable bonds is 5. The van der Waals surface area contributed by atoms with Crippen LogP contribution >= 0.6 is 11.5 Å². The Balaban J connectivity index is 0.00000141. The van der Waals surface area contributed by atoms with E-state index in [0.717, 1.165) is 39.6 Å². The highest BCUT2D eigenvalue weighted by Crippen LogP contribution is 2.31. The van der Waals surface area contributed by atoms with Crippen LogP contribution in [-0.4, -0.2) is 26.2 Å².